The summed E-state index contributed by atoms with van der Waals surface area (Å²) in [5.41, 5.74) is 5.18. The van der Waals surface area contributed by atoms with Crippen molar-refractivity contribution in [2.45, 2.75) is 31.7 Å². The lowest BCUT2D eigenvalue weighted by molar-refractivity contribution is 0.0955. The number of nitrogens with zero attached hydrogens (tertiary/aromatic N) is 3. The van der Waals surface area contributed by atoms with Gasteiger partial charge < -0.3 is 9.47 Å². The van der Waals surface area contributed by atoms with Crippen molar-refractivity contribution in [1.29, 1.82) is 0 Å². The molecule has 0 aliphatic heterocycles. The summed E-state index contributed by atoms with van der Waals surface area (Å²) in [5, 5.41) is 4.08. The van der Waals surface area contributed by atoms with Crippen LogP contribution in [0.25, 0.3) is 0 Å². The first-order valence-corrected chi connectivity index (χ1v) is 8.42. The van der Waals surface area contributed by atoms with Crippen LogP contribution in [0.1, 0.15) is 47.6 Å². The van der Waals surface area contributed by atoms with E-state index in [2.05, 4.69) is 27.5 Å². The Morgan fingerprint density at radius 2 is 2.08 bits per heavy atom. The third-order valence-corrected chi connectivity index (χ3v) is 4.49. The summed E-state index contributed by atoms with van der Waals surface area (Å²) < 4.78 is 2.26. The van der Waals surface area contributed by atoms with Gasteiger partial charge in [-0.2, -0.15) is 5.10 Å². The molecule has 5 nitrogen and oxygen atoms in total. The quantitative estimate of drug-likeness (QED) is 0.676. The van der Waals surface area contributed by atoms with Crippen molar-refractivity contribution in [3.05, 3.63) is 53.9 Å². The molecule has 1 saturated carbocycles. The number of anilines is 1. The lowest BCUT2D eigenvalue weighted by Gasteiger charge is -2.12. The van der Waals surface area contributed by atoms with Gasteiger partial charge in [0.2, 0.25) is 0 Å². The second-order valence-electron chi connectivity index (χ2n) is 6.47. The number of hydrazone groups is 1. The van der Waals surface area contributed by atoms with E-state index in [4.69, 9.17) is 0 Å². The Labute approximate surface area is 143 Å². The van der Waals surface area contributed by atoms with Crippen LogP contribution in [0, 0.1) is 0 Å². The van der Waals surface area contributed by atoms with E-state index >= 15 is 0 Å². The van der Waals surface area contributed by atoms with Gasteiger partial charge in [-0.15, -0.1) is 0 Å². The number of nitrogens with one attached hydrogen (secondary N) is 1. The maximum absolute atomic E-state index is 12.2. The predicted molar refractivity (Wildman–Crippen MR) is 97.8 cm³/mol. The van der Waals surface area contributed by atoms with Crippen molar-refractivity contribution in [3.8, 4) is 0 Å². The molecule has 2 aromatic rings. The van der Waals surface area contributed by atoms with Gasteiger partial charge in [0, 0.05) is 49.3 Å². The first-order valence-electron chi connectivity index (χ1n) is 8.42. The molecule has 0 radical (unpaired) electrons. The SMILES string of the molecule is CN(C)c1cccc(C(=O)N/N=C\c2ccn(C3CCCC3)c2)c1. The zero-order valence-corrected chi connectivity index (χ0v) is 14.3. The smallest absolute Gasteiger partial charge is 0.271 e. The molecule has 1 aromatic carbocycles. The Bertz CT molecular complexity index is 726. The van der Waals surface area contributed by atoms with Gasteiger partial charge in [0.25, 0.3) is 5.91 Å². The molecule has 5 heteroatoms. The van der Waals surface area contributed by atoms with E-state index in [1.165, 1.54) is 25.7 Å². The Kier molecular flexibility index (Phi) is 4.99. The van der Waals surface area contributed by atoms with E-state index in [0.29, 0.717) is 11.6 Å². The van der Waals surface area contributed by atoms with Gasteiger partial charge in [-0.1, -0.05) is 18.9 Å². The number of rotatable bonds is 5. The van der Waals surface area contributed by atoms with Gasteiger partial charge in [-0.25, -0.2) is 5.43 Å². The number of hydrogen-bond donors (Lipinski definition) is 1. The number of amides is 1. The van der Waals surface area contributed by atoms with Gasteiger partial charge in [0.15, 0.2) is 0 Å². The van der Waals surface area contributed by atoms with E-state index in [9.17, 15) is 4.79 Å². The van der Waals surface area contributed by atoms with Gasteiger partial charge in [-0.3, -0.25) is 4.79 Å². The van der Waals surface area contributed by atoms with Crippen molar-refractivity contribution >= 4 is 17.8 Å². The highest BCUT2D eigenvalue weighted by atomic mass is 16.2. The van der Waals surface area contributed by atoms with Crippen LogP contribution in [0.3, 0.4) is 0 Å². The summed E-state index contributed by atoms with van der Waals surface area (Å²) in [6.07, 6.45) is 11.0. The Morgan fingerprint density at radius 1 is 1.29 bits per heavy atom. The monoisotopic (exact) mass is 324 g/mol. The van der Waals surface area contributed by atoms with E-state index in [-0.39, 0.29) is 5.91 Å². The Hall–Kier alpha value is -2.56. The highest BCUT2D eigenvalue weighted by molar-refractivity contribution is 5.95. The van der Waals surface area contributed by atoms with Crippen LogP contribution in [0.4, 0.5) is 5.69 Å². The molecule has 0 bridgehead atoms. The average molecular weight is 324 g/mol. The fourth-order valence-electron chi connectivity index (χ4n) is 3.09. The fraction of sp³-hybridized carbons (Fsp3) is 0.368. The van der Waals surface area contributed by atoms with Crippen molar-refractivity contribution in [2.75, 3.05) is 19.0 Å². The lowest BCUT2D eigenvalue weighted by atomic mass is 10.2. The molecule has 1 N–H and O–H groups in total. The molecular weight excluding hydrogens is 300 g/mol. The van der Waals surface area contributed by atoms with Crippen LogP contribution >= 0.6 is 0 Å². The molecule has 1 heterocycles. The molecule has 1 aliphatic rings. The first kappa shape index (κ1) is 16.3. The summed E-state index contributed by atoms with van der Waals surface area (Å²) in [6, 6.07) is 10.1. The molecule has 1 aliphatic carbocycles. The normalized spacial score (nSPS) is 15.1. The number of carbonyl (C=O) groups excluding carboxylic acids is 1. The second-order valence-corrected chi connectivity index (χ2v) is 6.47. The number of hydrogen-bond acceptors (Lipinski definition) is 3. The summed E-state index contributed by atoms with van der Waals surface area (Å²) in [6.45, 7) is 0. The molecule has 0 spiro atoms. The lowest BCUT2D eigenvalue weighted by Crippen LogP contribution is -2.18. The zero-order chi connectivity index (χ0) is 16.9. The molecule has 0 saturated heterocycles. The van der Waals surface area contributed by atoms with Crippen LogP contribution in [-0.4, -0.2) is 30.8 Å². The molecule has 24 heavy (non-hydrogen) atoms. The largest absolute Gasteiger partial charge is 0.378 e. The fourth-order valence-corrected chi connectivity index (χ4v) is 3.09. The minimum absolute atomic E-state index is 0.204. The molecule has 126 valence electrons. The zero-order valence-electron chi connectivity index (χ0n) is 14.3. The second kappa shape index (κ2) is 7.34. The van der Waals surface area contributed by atoms with Crippen molar-refractivity contribution in [2.24, 2.45) is 5.10 Å². The van der Waals surface area contributed by atoms with Crippen LogP contribution in [-0.2, 0) is 0 Å². The third kappa shape index (κ3) is 3.85. The Morgan fingerprint density at radius 3 is 2.83 bits per heavy atom. The van der Waals surface area contributed by atoms with E-state index in [1.807, 2.05) is 43.3 Å². The summed E-state index contributed by atoms with van der Waals surface area (Å²) in [4.78, 5) is 14.1. The van der Waals surface area contributed by atoms with Crippen LogP contribution in [0.15, 0.2) is 47.8 Å². The average Bonchev–Trinajstić information content (AvgIpc) is 3.26. The minimum Gasteiger partial charge on any atom is -0.378 e. The Balaban J connectivity index is 1.59. The molecule has 0 atom stereocenters. The molecular formula is C19H24N4O. The summed E-state index contributed by atoms with van der Waals surface area (Å²) in [7, 11) is 3.90. The molecule has 0 unspecified atom stereocenters. The molecule has 1 fully saturated rings. The number of carbonyl (C=O) groups is 1. The van der Waals surface area contributed by atoms with E-state index in [1.54, 1.807) is 12.3 Å². The van der Waals surface area contributed by atoms with E-state index in [0.717, 1.165) is 11.3 Å². The maximum Gasteiger partial charge on any atom is 0.271 e. The number of benzene rings is 1. The molecule has 1 amide bonds. The van der Waals surface area contributed by atoms with Crippen LogP contribution in [0.2, 0.25) is 0 Å². The van der Waals surface area contributed by atoms with Gasteiger partial charge in [0.05, 0.1) is 6.21 Å². The highest BCUT2D eigenvalue weighted by Gasteiger charge is 2.15. The van der Waals surface area contributed by atoms with Crippen molar-refractivity contribution in [1.82, 2.24) is 9.99 Å². The maximum atomic E-state index is 12.2. The summed E-state index contributed by atoms with van der Waals surface area (Å²) >= 11 is 0. The molecule has 3 rings (SSSR count). The predicted octanol–water partition coefficient (Wildman–Crippen LogP) is 3.43. The van der Waals surface area contributed by atoms with Gasteiger partial charge in [0.1, 0.15) is 0 Å². The highest BCUT2D eigenvalue weighted by Crippen LogP contribution is 2.29. The van der Waals surface area contributed by atoms with E-state index < -0.39 is 0 Å². The minimum atomic E-state index is -0.204. The van der Waals surface area contributed by atoms with Gasteiger partial charge >= 0.3 is 0 Å². The third-order valence-electron chi connectivity index (χ3n) is 4.49. The topological polar surface area (TPSA) is 49.6 Å². The summed E-state index contributed by atoms with van der Waals surface area (Å²) in [5.74, 6) is -0.204. The van der Waals surface area contributed by atoms with Crippen molar-refractivity contribution in [3.63, 3.8) is 0 Å². The van der Waals surface area contributed by atoms with Crippen LogP contribution in [0.5, 0.6) is 0 Å². The van der Waals surface area contributed by atoms with Gasteiger partial charge in [-0.05, 0) is 37.1 Å². The first-order chi connectivity index (χ1) is 11.6. The standard InChI is InChI=1S/C19H24N4O/c1-22(2)18-9-5-6-16(12-18)19(24)21-20-13-15-10-11-23(14-15)17-7-3-4-8-17/h5-6,9-14,17H,3-4,7-8H2,1-2H3,(H,21,24)/b20-13-. The molecule has 1 aromatic heterocycles. The van der Waals surface area contributed by atoms with Crippen LogP contribution < -0.4 is 10.3 Å². The number of aromatic nitrogens is 1. The van der Waals surface area contributed by atoms with Crippen molar-refractivity contribution < 1.29 is 4.79 Å².